The lowest BCUT2D eigenvalue weighted by atomic mass is 9.86. The van der Waals surface area contributed by atoms with Crippen LogP contribution in [0.15, 0.2) is 77.0 Å². The van der Waals surface area contributed by atoms with Crippen LogP contribution in [0.3, 0.4) is 0 Å². The lowest BCUT2D eigenvalue weighted by molar-refractivity contribution is -0.118. The van der Waals surface area contributed by atoms with Crippen molar-refractivity contribution in [2.45, 2.75) is 39.2 Å². The molecule has 3 rings (SSSR count). The van der Waals surface area contributed by atoms with Crippen molar-refractivity contribution in [3.8, 4) is 5.75 Å². The van der Waals surface area contributed by atoms with E-state index in [0.29, 0.717) is 17.1 Å². The van der Waals surface area contributed by atoms with E-state index in [2.05, 4.69) is 43.5 Å². The van der Waals surface area contributed by atoms with Gasteiger partial charge < -0.3 is 19.8 Å². The largest absolute Gasteiger partial charge is 0.497 e. The van der Waals surface area contributed by atoms with Crippen LogP contribution in [0.5, 0.6) is 5.75 Å². The van der Waals surface area contributed by atoms with E-state index in [-0.39, 0.29) is 17.2 Å². The van der Waals surface area contributed by atoms with Gasteiger partial charge in [-0.05, 0) is 59.9 Å². The number of methoxy groups -OCH3 is 1. The van der Waals surface area contributed by atoms with Crippen LogP contribution in [-0.2, 0) is 10.2 Å². The number of ether oxygens (including phenoxy) is 1. The molecule has 172 valence electrons. The van der Waals surface area contributed by atoms with Crippen molar-refractivity contribution < 1.29 is 18.7 Å². The zero-order chi connectivity index (χ0) is 24.0. The lowest BCUT2D eigenvalue weighted by Gasteiger charge is -2.21. The Morgan fingerprint density at radius 1 is 1.00 bits per heavy atom. The molecule has 0 radical (unpaired) electrons. The van der Waals surface area contributed by atoms with Crippen LogP contribution in [0.4, 0.5) is 0 Å². The Morgan fingerprint density at radius 2 is 1.67 bits per heavy atom. The first kappa shape index (κ1) is 23.9. The molecular weight excluding hydrogens is 416 g/mol. The highest BCUT2D eigenvalue weighted by Gasteiger charge is 2.19. The highest BCUT2D eigenvalue weighted by molar-refractivity contribution is 6.05. The van der Waals surface area contributed by atoms with Crippen LogP contribution in [0.2, 0.25) is 0 Å². The predicted octanol–water partition coefficient (Wildman–Crippen LogP) is 5.23. The summed E-state index contributed by atoms with van der Waals surface area (Å²) in [4.78, 5) is 25.9. The van der Waals surface area contributed by atoms with Gasteiger partial charge in [-0.2, -0.15) is 0 Å². The van der Waals surface area contributed by atoms with Gasteiger partial charge in [0.05, 0.1) is 19.4 Å². The molecule has 0 fully saturated rings. The minimum atomic E-state index is -0.416. The Hall–Kier alpha value is -3.80. The molecule has 2 amide bonds. The van der Waals surface area contributed by atoms with E-state index in [1.165, 1.54) is 17.9 Å². The zero-order valence-electron chi connectivity index (χ0n) is 19.6. The Labute approximate surface area is 194 Å². The number of hydrogen-bond acceptors (Lipinski definition) is 4. The molecule has 6 heteroatoms. The van der Waals surface area contributed by atoms with Gasteiger partial charge in [0.1, 0.15) is 17.2 Å². The first-order valence-corrected chi connectivity index (χ1v) is 10.8. The summed E-state index contributed by atoms with van der Waals surface area (Å²) in [6, 6.07) is 18.0. The third kappa shape index (κ3) is 6.35. The van der Waals surface area contributed by atoms with Crippen molar-refractivity contribution in [2.75, 3.05) is 7.11 Å². The van der Waals surface area contributed by atoms with E-state index in [1.807, 2.05) is 19.1 Å². The van der Waals surface area contributed by atoms with Gasteiger partial charge in [-0.25, -0.2) is 0 Å². The van der Waals surface area contributed by atoms with Gasteiger partial charge in [0, 0.05) is 11.6 Å². The van der Waals surface area contributed by atoms with Gasteiger partial charge in [0.15, 0.2) is 0 Å². The standard InChI is InChI=1S/C27H30N2O4/c1-18(19-8-12-21(13-9-19)27(2,3)4)28-26(31)24(17-23-7-6-16-33-23)29-25(30)20-10-14-22(32-5)15-11-20/h6-18H,1-5H3,(H,28,31)(H,29,30)/b24-17-. The molecule has 33 heavy (non-hydrogen) atoms. The molecule has 0 saturated carbocycles. The summed E-state index contributed by atoms with van der Waals surface area (Å²) < 4.78 is 10.5. The van der Waals surface area contributed by atoms with Crippen molar-refractivity contribution >= 4 is 17.9 Å². The molecule has 0 aliphatic carbocycles. The molecule has 0 aliphatic heterocycles. The minimum absolute atomic E-state index is 0.0513. The summed E-state index contributed by atoms with van der Waals surface area (Å²) in [6.07, 6.45) is 3.01. The molecule has 1 aromatic heterocycles. The summed E-state index contributed by atoms with van der Waals surface area (Å²) in [5.74, 6) is 0.271. The average Bonchev–Trinajstić information content (AvgIpc) is 3.31. The second-order valence-electron chi connectivity index (χ2n) is 8.82. The van der Waals surface area contributed by atoms with Crippen LogP contribution in [0.25, 0.3) is 6.08 Å². The van der Waals surface area contributed by atoms with Gasteiger partial charge in [0.25, 0.3) is 11.8 Å². The number of amides is 2. The Morgan fingerprint density at radius 3 is 2.21 bits per heavy atom. The molecular formula is C27H30N2O4. The van der Waals surface area contributed by atoms with Crippen molar-refractivity contribution in [2.24, 2.45) is 0 Å². The third-order valence-electron chi connectivity index (χ3n) is 5.30. The van der Waals surface area contributed by atoms with Crippen molar-refractivity contribution in [3.63, 3.8) is 0 Å². The summed E-state index contributed by atoms with van der Waals surface area (Å²) in [6.45, 7) is 8.37. The van der Waals surface area contributed by atoms with Gasteiger partial charge in [-0.15, -0.1) is 0 Å². The number of carbonyl (C=O) groups is 2. The van der Waals surface area contributed by atoms with E-state index in [9.17, 15) is 9.59 Å². The van der Waals surface area contributed by atoms with Crippen LogP contribution in [0.1, 0.15) is 61.0 Å². The summed E-state index contributed by atoms with van der Waals surface area (Å²) in [5, 5.41) is 5.66. The van der Waals surface area contributed by atoms with Gasteiger partial charge >= 0.3 is 0 Å². The molecule has 6 nitrogen and oxygen atoms in total. The second-order valence-corrected chi connectivity index (χ2v) is 8.82. The van der Waals surface area contributed by atoms with Crippen LogP contribution in [-0.4, -0.2) is 18.9 Å². The number of carbonyl (C=O) groups excluding carboxylic acids is 2. The molecule has 0 spiro atoms. The third-order valence-corrected chi connectivity index (χ3v) is 5.30. The lowest BCUT2D eigenvalue weighted by Crippen LogP contribution is -2.36. The first-order valence-electron chi connectivity index (χ1n) is 10.8. The second kappa shape index (κ2) is 10.2. The molecule has 2 aromatic carbocycles. The molecule has 2 N–H and O–H groups in total. The molecule has 0 bridgehead atoms. The Bertz CT molecular complexity index is 1110. The summed E-state index contributed by atoms with van der Waals surface area (Å²) in [5.41, 5.74) is 2.73. The summed E-state index contributed by atoms with van der Waals surface area (Å²) >= 11 is 0. The summed E-state index contributed by atoms with van der Waals surface area (Å²) in [7, 11) is 1.56. The normalized spacial score (nSPS) is 12.7. The Balaban J connectivity index is 1.77. The van der Waals surface area contributed by atoms with E-state index in [0.717, 1.165) is 5.56 Å². The van der Waals surface area contributed by atoms with E-state index >= 15 is 0 Å². The highest BCUT2D eigenvalue weighted by Crippen LogP contribution is 2.24. The predicted molar refractivity (Wildman–Crippen MR) is 129 cm³/mol. The number of hydrogen-bond donors (Lipinski definition) is 2. The Kier molecular flexibility index (Phi) is 7.38. The maximum atomic E-state index is 13.1. The number of furan rings is 1. The molecule has 1 unspecified atom stereocenters. The fraction of sp³-hybridized carbons (Fsp3) is 0.259. The van der Waals surface area contributed by atoms with Crippen LogP contribution in [0, 0.1) is 0 Å². The van der Waals surface area contributed by atoms with Gasteiger partial charge in [-0.3, -0.25) is 9.59 Å². The smallest absolute Gasteiger partial charge is 0.268 e. The SMILES string of the molecule is COc1ccc(C(=O)N/C(=C\c2ccco2)C(=O)NC(C)c2ccc(C(C)(C)C)cc2)cc1. The fourth-order valence-electron chi connectivity index (χ4n) is 3.24. The van der Waals surface area contributed by atoms with Crippen molar-refractivity contribution in [1.29, 1.82) is 0 Å². The zero-order valence-corrected chi connectivity index (χ0v) is 19.6. The minimum Gasteiger partial charge on any atom is -0.497 e. The van der Waals surface area contributed by atoms with Crippen LogP contribution >= 0.6 is 0 Å². The van der Waals surface area contributed by atoms with Gasteiger partial charge in [-0.1, -0.05) is 45.0 Å². The van der Waals surface area contributed by atoms with Gasteiger partial charge in [0.2, 0.25) is 0 Å². The van der Waals surface area contributed by atoms with Crippen molar-refractivity contribution in [3.05, 3.63) is 95.1 Å². The molecule has 0 saturated heterocycles. The monoisotopic (exact) mass is 446 g/mol. The maximum Gasteiger partial charge on any atom is 0.268 e. The van der Waals surface area contributed by atoms with Crippen LogP contribution < -0.4 is 15.4 Å². The highest BCUT2D eigenvalue weighted by atomic mass is 16.5. The molecule has 3 aromatic rings. The average molecular weight is 447 g/mol. The number of benzene rings is 2. The molecule has 1 atom stereocenters. The molecule has 1 heterocycles. The fourth-order valence-corrected chi connectivity index (χ4v) is 3.24. The van der Waals surface area contributed by atoms with E-state index < -0.39 is 11.8 Å². The number of nitrogens with one attached hydrogen (secondary N) is 2. The van der Waals surface area contributed by atoms with E-state index in [1.54, 1.807) is 43.5 Å². The topological polar surface area (TPSA) is 80.6 Å². The molecule has 0 aliphatic rings. The van der Waals surface area contributed by atoms with E-state index in [4.69, 9.17) is 9.15 Å². The number of rotatable bonds is 7. The quantitative estimate of drug-likeness (QED) is 0.487. The maximum absolute atomic E-state index is 13.1. The van der Waals surface area contributed by atoms with Crippen molar-refractivity contribution in [1.82, 2.24) is 10.6 Å². The first-order chi connectivity index (χ1) is 15.7.